The maximum atomic E-state index is 12.5. The van der Waals surface area contributed by atoms with Gasteiger partial charge in [-0.2, -0.15) is 4.99 Å². The Kier molecular flexibility index (Phi) is 6.26. The Balaban J connectivity index is 1.91. The minimum Gasteiger partial charge on any atom is -0.497 e. The molecule has 0 fully saturated rings. The zero-order valence-corrected chi connectivity index (χ0v) is 16.9. The standard InChI is InChI=1S/C21H22N2O4S/c1-4-23-17-11-8-15(20(25)27-5-2)13-18(17)28-21(23)22-19(24)12-14-6-9-16(26-3)10-7-14/h6-11,13H,4-5,12H2,1-3H3. The number of carbonyl (C=O) groups excluding carboxylic acids is 2. The van der Waals surface area contributed by atoms with Crippen molar-refractivity contribution < 1.29 is 19.1 Å². The number of esters is 1. The van der Waals surface area contributed by atoms with Crippen LogP contribution in [0.5, 0.6) is 5.75 Å². The molecule has 0 radical (unpaired) electrons. The fourth-order valence-corrected chi connectivity index (χ4v) is 4.02. The summed E-state index contributed by atoms with van der Waals surface area (Å²) in [5.41, 5.74) is 2.31. The van der Waals surface area contributed by atoms with Gasteiger partial charge >= 0.3 is 5.97 Å². The van der Waals surface area contributed by atoms with Gasteiger partial charge in [-0.1, -0.05) is 23.5 Å². The third kappa shape index (κ3) is 4.31. The molecule has 6 nitrogen and oxygen atoms in total. The predicted molar refractivity (Wildman–Crippen MR) is 109 cm³/mol. The molecule has 3 aromatic rings. The number of rotatable bonds is 6. The lowest BCUT2D eigenvalue weighted by atomic mass is 10.1. The molecule has 146 valence electrons. The molecule has 7 heteroatoms. The topological polar surface area (TPSA) is 69.9 Å². The van der Waals surface area contributed by atoms with Crippen molar-refractivity contribution in [3.8, 4) is 5.75 Å². The number of nitrogens with zero attached hydrogens (tertiary/aromatic N) is 2. The summed E-state index contributed by atoms with van der Waals surface area (Å²) in [6.45, 7) is 4.78. The number of hydrogen-bond acceptors (Lipinski definition) is 5. The Morgan fingerprint density at radius 1 is 1.11 bits per heavy atom. The third-order valence-electron chi connectivity index (χ3n) is 4.24. The summed E-state index contributed by atoms with van der Waals surface area (Å²) < 4.78 is 13.1. The first kappa shape index (κ1) is 19.8. The van der Waals surface area contributed by atoms with Crippen molar-refractivity contribution in [3.05, 3.63) is 58.4 Å². The van der Waals surface area contributed by atoms with E-state index in [1.54, 1.807) is 26.2 Å². The van der Waals surface area contributed by atoms with E-state index in [2.05, 4.69) is 4.99 Å². The zero-order valence-electron chi connectivity index (χ0n) is 16.1. The highest BCUT2D eigenvalue weighted by atomic mass is 32.1. The summed E-state index contributed by atoms with van der Waals surface area (Å²) in [5, 5.41) is 0. The predicted octanol–water partition coefficient (Wildman–Crippen LogP) is 3.58. The van der Waals surface area contributed by atoms with E-state index in [0.29, 0.717) is 23.5 Å². The number of hydrogen-bond donors (Lipinski definition) is 0. The fraction of sp³-hybridized carbons (Fsp3) is 0.286. The van der Waals surface area contributed by atoms with Gasteiger partial charge in [-0.25, -0.2) is 4.79 Å². The minimum atomic E-state index is -0.352. The molecule has 28 heavy (non-hydrogen) atoms. The van der Waals surface area contributed by atoms with E-state index in [4.69, 9.17) is 9.47 Å². The van der Waals surface area contributed by atoms with Gasteiger partial charge in [0.25, 0.3) is 5.91 Å². The maximum absolute atomic E-state index is 12.5. The Morgan fingerprint density at radius 2 is 1.86 bits per heavy atom. The SMILES string of the molecule is CCOC(=O)c1ccc2c(c1)sc(=NC(=O)Cc1ccc(OC)cc1)n2CC. The summed E-state index contributed by atoms with van der Waals surface area (Å²) in [6.07, 6.45) is 0.218. The van der Waals surface area contributed by atoms with Crippen molar-refractivity contribution >= 4 is 33.4 Å². The van der Waals surface area contributed by atoms with Crippen molar-refractivity contribution in [3.63, 3.8) is 0 Å². The molecule has 0 spiro atoms. The first-order chi connectivity index (χ1) is 13.5. The van der Waals surface area contributed by atoms with Crippen LogP contribution in [0.1, 0.15) is 29.8 Å². The molecular formula is C21H22N2O4S. The number of methoxy groups -OCH3 is 1. The van der Waals surface area contributed by atoms with Crippen molar-refractivity contribution in [2.45, 2.75) is 26.8 Å². The average molecular weight is 398 g/mol. The first-order valence-corrected chi connectivity index (χ1v) is 9.88. The first-order valence-electron chi connectivity index (χ1n) is 9.06. The van der Waals surface area contributed by atoms with E-state index in [1.807, 2.05) is 41.8 Å². The number of aromatic nitrogens is 1. The number of amides is 1. The number of ether oxygens (including phenoxy) is 2. The molecule has 1 aromatic heterocycles. The van der Waals surface area contributed by atoms with Crippen LogP contribution in [0.3, 0.4) is 0 Å². The highest BCUT2D eigenvalue weighted by Gasteiger charge is 2.12. The lowest BCUT2D eigenvalue weighted by Gasteiger charge is -2.03. The molecule has 1 heterocycles. The van der Waals surface area contributed by atoms with Gasteiger partial charge < -0.3 is 14.0 Å². The van der Waals surface area contributed by atoms with Gasteiger partial charge in [-0.15, -0.1) is 0 Å². The Hall–Kier alpha value is -2.93. The number of aryl methyl sites for hydroxylation is 1. The van der Waals surface area contributed by atoms with Gasteiger partial charge in [-0.05, 0) is 49.7 Å². The number of benzene rings is 2. The van der Waals surface area contributed by atoms with Crippen LogP contribution in [0.2, 0.25) is 0 Å². The highest BCUT2D eigenvalue weighted by Crippen LogP contribution is 2.20. The second kappa shape index (κ2) is 8.84. The largest absolute Gasteiger partial charge is 0.497 e. The van der Waals surface area contributed by atoms with Crippen LogP contribution >= 0.6 is 11.3 Å². The molecule has 0 saturated heterocycles. The summed E-state index contributed by atoms with van der Waals surface area (Å²) in [5.74, 6) is 0.179. The van der Waals surface area contributed by atoms with Gasteiger partial charge in [0.05, 0.1) is 35.9 Å². The third-order valence-corrected chi connectivity index (χ3v) is 5.29. The summed E-state index contributed by atoms with van der Waals surface area (Å²) in [4.78, 5) is 29.4. The zero-order chi connectivity index (χ0) is 20.1. The molecular weight excluding hydrogens is 376 g/mol. The van der Waals surface area contributed by atoms with Crippen LogP contribution < -0.4 is 9.54 Å². The van der Waals surface area contributed by atoms with Crippen LogP contribution in [0.4, 0.5) is 0 Å². The van der Waals surface area contributed by atoms with Crippen LogP contribution in [0.15, 0.2) is 47.5 Å². The number of carbonyl (C=O) groups is 2. The summed E-state index contributed by atoms with van der Waals surface area (Å²) in [6, 6.07) is 12.8. The van der Waals surface area contributed by atoms with Crippen LogP contribution in [0, 0.1) is 0 Å². The molecule has 2 aromatic carbocycles. The average Bonchev–Trinajstić information content (AvgIpc) is 3.04. The molecule has 1 amide bonds. The van der Waals surface area contributed by atoms with Crippen LogP contribution in [-0.2, 0) is 22.5 Å². The summed E-state index contributed by atoms with van der Waals surface area (Å²) in [7, 11) is 1.60. The van der Waals surface area contributed by atoms with E-state index in [0.717, 1.165) is 21.5 Å². The lowest BCUT2D eigenvalue weighted by molar-refractivity contribution is -0.117. The van der Waals surface area contributed by atoms with Gasteiger partial charge in [0.2, 0.25) is 0 Å². The highest BCUT2D eigenvalue weighted by molar-refractivity contribution is 7.16. The summed E-state index contributed by atoms with van der Waals surface area (Å²) >= 11 is 1.39. The van der Waals surface area contributed by atoms with Gasteiger partial charge in [0, 0.05) is 6.54 Å². The molecule has 0 aliphatic rings. The Bertz CT molecular complexity index is 1060. The molecule has 0 unspecified atom stereocenters. The van der Waals surface area contributed by atoms with E-state index < -0.39 is 0 Å². The van der Waals surface area contributed by atoms with Crippen LogP contribution in [-0.4, -0.2) is 30.2 Å². The van der Waals surface area contributed by atoms with E-state index in [1.165, 1.54) is 11.3 Å². The van der Waals surface area contributed by atoms with Crippen LogP contribution in [0.25, 0.3) is 10.2 Å². The molecule has 3 rings (SSSR count). The van der Waals surface area contributed by atoms with Gasteiger partial charge in [0.1, 0.15) is 5.75 Å². The Morgan fingerprint density at radius 3 is 2.50 bits per heavy atom. The fourth-order valence-electron chi connectivity index (χ4n) is 2.87. The monoisotopic (exact) mass is 398 g/mol. The molecule has 0 atom stereocenters. The normalized spacial score (nSPS) is 11.6. The molecule has 0 aliphatic carbocycles. The number of fused-ring (bicyclic) bond motifs is 1. The molecule has 0 aliphatic heterocycles. The van der Waals surface area contributed by atoms with E-state index in [-0.39, 0.29) is 18.3 Å². The van der Waals surface area contributed by atoms with Gasteiger partial charge in [-0.3, -0.25) is 4.79 Å². The molecule has 0 N–H and O–H groups in total. The lowest BCUT2D eigenvalue weighted by Crippen LogP contribution is -2.16. The second-order valence-corrected chi connectivity index (χ2v) is 7.07. The van der Waals surface area contributed by atoms with Crippen molar-refractivity contribution in [2.75, 3.05) is 13.7 Å². The maximum Gasteiger partial charge on any atom is 0.338 e. The van der Waals surface area contributed by atoms with Crippen molar-refractivity contribution in [1.82, 2.24) is 4.57 Å². The second-order valence-electron chi connectivity index (χ2n) is 6.06. The van der Waals surface area contributed by atoms with E-state index >= 15 is 0 Å². The van der Waals surface area contributed by atoms with Crippen molar-refractivity contribution in [1.29, 1.82) is 0 Å². The smallest absolute Gasteiger partial charge is 0.338 e. The molecule has 0 saturated carbocycles. The molecule has 0 bridgehead atoms. The van der Waals surface area contributed by atoms with Crippen molar-refractivity contribution in [2.24, 2.45) is 4.99 Å². The van der Waals surface area contributed by atoms with E-state index in [9.17, 15) is 9.59 Å². The number of thiazole rings is 1. The Labute approximate surface area is 167 Å². The minimum absolute atomic E-state index is 0.218. The van der Waals surface area contributed by atoms with Gasteiger partial charge in [0.15, 0.2) is 4.80 Å². The quantitative estimate of drug-likeness (QED) is 0.595.